The van der Waals surface area contributed by atoms with Crippen LogP contribution < -0.4 is 5.84 Å². The first kappa shape index (κ1) is 17.1. The lowest BCUT2D eigenvalue weighted by molar-refractivity contribution is 0.183. The molecule has 0 aliphatic carbocycles. The highest BCUT2D eigenvalue weighted by molar-refractivity contribution is 7.92. The molecule has 0 bridgehead atoms. The molecule has 7 heteroatoms. The van der Waals surface area contributed by atoms with Crippen molar-refractivity contribution >= 4 is 20.6 Å². The molecule has 0 amide bonds. The van der Waals surface area contributed by atoms with Crippen molar-refractivity contribution in [1.29, 1.82) is 0 Å². The van der Waals surface area contributed by atoms with Crippen molar-refractivity contribution in [3.63, 3.8) is 0 Å². The molecule has 2 heterocycles. The van der Waals surface area contributed by atoms with Crippen LogP contribution in [0.5, 0.6) is 5.88 Å². The van der Waals surface area contributed by atoms with Gasteiger partial charge in [-0.25, -0.2) is 18.4 Å². The molecule has 1 saturated heterocycles. The first-order chi connectivity index (χ1) is 11.4. The lowest BCUT2D eigenvalue weighted by Crippen LogP contribution is -2.43. The summed E-state index contributed by atoms with van der Waals surface area (Å²) in [5.74, 6) is 5.76. The lowest BCUT2D eigenvalue weighted by atomic mass is 9.93. The summed E-state index contributed by atoms with van der Waals surface area (Å²) in [6.07, 6.45) is 3.56. The highest BCUT2D eigenvalue weighted by atomic mass is 32.2. The Bertz CT molecular complexity index is 830. The number of benzene rings is 1. The van der Waals surface area contributed by atoms with Crippen LogP contribution in [-0.2, 0) is 9.84 Å². The summed E-state index contributed by atoms with van der Waals surface area (Å²) in [5.41, 5.74) is 0. The number of hydrogen-bond acceptors (Lipinski definition) is 6. The van der Waals surface area contributed by atoms with Crippen LogP contribution in [0.25, 0.3) is 10.8 Å². The number of nitrogens with zero attached hydrogens (tertiary/aromatic N) is 2. The van der Waals surface area contributed by atoms with Gasteiger partial charge in [0.2, 0.25) is 5.88 Å². The van der Waals surface area contributed by atoms with Crippen molar-refractivity contribution in [3.8, 4) is 5.88 Å². The first-order valence-corrected chi connectivity index (χ1v) is 9.80. The predicted octanol–water partition coefficient (Wildman–Crippen LogP) is 2.08. The Morgan fingerprint density at radius 2 is 2.00 bits per heavy atom. The first-order valence-electron chi connectivity index (χ1n) is 8.25. The fourth-order valence-corrected chi connectivity index (χ4v) is 5.97. The molecule has 1 aromatic carbocycles. The van der Waals surface area contributed by atoms with Crippen LogP contribution in [0.2, 0.25) is 0 Å². The lowest BCUT2D eigenvalue weighted by Gasteiger charge is -2.33. The molecule has 1 aliphatic rings. The molecule has 2 aromatic rings. The topological polar surface area (TPSA) is 96.5 Å². The third-order valence-electron chi connectivity index (χ3n) is 4.95. The minimum absolute atomic E-state index is 0.102. The number of sulfone groups is 1. The van der Waals surface area contributed by atoms with E-state index in [1.54, 1.807) is 29.3 Å². The van der Waals surface area contributed by atoms with Gasteiger partial charge in [-0.05, 0) is 43.4 Å². The molecule has 1 atom stereocenters. The van der Waals surface area contributed by atoms with E-state index in [0.717, 1.165) is 25.9 Å². The Hall–Kier alpha value is -1.70. The third-order valence-corrected chi connectivity index (χ3v) is 7.44. The Kier molecular flexibility index (Phi) is 4.76. The van der Waals surface area contributed by atoms with Crippen molar-refractivity contribution < 1.29 is 13.5 Å². The van der Waals surface area contributed by atoms with Crippen molar-refractivity contribution in [2.24, 2.45) is 11.8 Å². The number of rotatable bonds is 4. The number of hydrogen-bond donors (Lipinski definition) is 2. The molecule has 1 fully saturated rings. The van der Waals surface area contributed by atoms with E-state index in [0.29, 0.717) is 17.2 Å². The number of pyridine rings is 1. The van der Waals surface area contributed by atoms with Gasteiger partial charge < -0.3 is 5.11 Å². The van der Waals surface area contributed by atoms with Gasteiger partial charge in [-0.3, -0.25) is 5.84 Å². The van der Waals surface area contributed by atoms with Crippen molar-refractivity contribution in [3.05, 3.63) is 30.5 Å². The summed E-state index contributed by atoms with van der Waals surface area (Å²) in [5, 5.41) is 12.2. The van der Waals surface area contributed by atoms with Crippen molar-refractivity contribution in [2.45, 2.75) is 36.3 Å². The van der Waals surface area contributed by atoms with Crippen LogP contribution in [0, 0.1) is 5.92 Å². The predicted molar refractivity (Wildman–Crippen MR) is 93.2 cm³/mol. The number of aromatic hydroxyl groups is 1. The zero-order valence-electron chi connectivity index (χ0n) is 13.7. The molecule has 6 nitrogen and oxygen atoms in total. The van der Waals surface area contributed by atoms with E-state index in [2.05, 4.69) is 4.98 Å². The maximum absolute atomic E-state index is 13.3. The van der Waals surface area contributed by atoms with Gasteiger partial charge in [0.1, 0.15) is 0 Å². The van der Waals surface area contributed by atoms with Gasteiger partial charge >= 0.3 is 0 Å². The van der Waals surface area contributed by atoms with Crippen LogP contribution >= 0.6 is 0 Å². The van der Waals surface area contributed by atoms with Gasteiger partial charge in [0.05, 0.1) is 10.1 Å². The van der Waals surface area contributed by atoms with E-state index >= 15 is 0 Å². The molecular formula is C17H23N3O3S. The fourth-order valence-electron chi connectivity index (χ4n) is 3.67. The maximum Gasteiger partial charge on any atom is 0.218 e. The van der Waals surface area contributed by atoms with Crippen LogP contribution in [0.1, 0.15) is 26.2 Å². The monoisotopic (exact) mass is 349 g/mol. The van der Waals surface area contributed by atoms with Gasteiger partial charge in [-0.2, -0.15) is 0 Å². The van der Waals surface area contributed by atoms with Gasteiger partial charge in [0.25, 0.3) is 0 Å². The summed E-state index contributed by atoms with van der Waals surface area (Å²) in [6, 6.07) is 6.62. The summed E-state index contributed by atoms with van der Waals surface area (Å²) >= 11 is 0. The highest BCUT2D eigenvalue weighted by Crippen LogP contribution is 2.35. The van der Waals surface area contributed by atoms with Gasteiger partial charge in [0.15, 0.2) is 9.84 Å². The molecule has 0 radical (unpaired) electrons. The standard InChI is InChI=1S/C17H23N3O3S/c1-2-15(12-7-10-20(18)11-8-12)24(22,23)16-5-3-4-14-13(16)6-9-19-17(14)21/h3-6,9,12,15H,2,7-8,10-11,18H2,1H3,(H,19,21). The Morgan fingerprint density at radius 1 is 1.29 bits per heavy atom. The maximum atomic E-state index is 13.3. The Morgan fingerprint density at radius 3 is 2.67 bits per heavy atom. The minimum atomic E-state index is -3.51. The second kappa shape index (κ2) is 6.66. The van der Waals surface area contributed by atoms with Gasteiger partial charge in [-0.1, -0.05) is 13.0 Å². The van der Waals surface area contributed by atoms with Gasteiger partial charge in [-0.15, -0.1) is 0 Å². The number of nitrogens with two attached hydrogens (primary N) is 1. The number of fused-ring (bicyclic) bond motifs is 1. The zero-order valence-corrected chi connectivity index (χ0v) is 14.5. The fraction of sp³-hybridized carbons (Fsp3) is 0.471. The SMILES string of the molecule is CCC(C1CCN(N)CC1)S(=O)(=O)c1cccc2c(O)nccc12. The van der Waals surface area contributed by atoms with Crippen molar-refractivity contribution in [2.75, 3.05) is 13.1 Å². The summed E-state index contributed by atoms with van der Waals surface area (Å²) in [6.45, 7) is 3.36. The number of hydrazine groups is 1. The second-order valence-corrected chi connectivity index (χ2v) is 8.49. The Labute approximate surface area is 142 Å². The summed E-state index contributed by atoms with van der Waals surface area (Å²) in [7, 11) is -3.51. The molecular weight excluding hydrogens is 326 g/mol. The number of aromatic nitrogens is 1. The highest BCUT2D eigenvalue weighted by Gasteiger charge is 2.35. The zero-order chi connectivity index (χ0) is 17.3. The third kappa shape index (κ3) is 2.99. The average molecular weight is 349 g/mol. The minimum Gasteiger partial charge on any atom is -0.493 e. The Balaban J connectivity index is 2.05. The van der Waals surface area contributed by atoms with E-state index in [1.165, 1.54) is 6.20 Å². The van der Waals surface area contributed by atoms with E-state index in [9.17, 15) is 13.5 Å². The average Bonchev–Trinajstić information content (AvgIpc) is 2.57. The molecule has 0 spiro atoms. The second-order valence-electron chi connectivity index (χ2n) is 6.35. The molecule has 1 aliphatic heterocycles. The van der Waals surface area contributed by atoms with Crippen LogP contribution in [-0.4, -0.2) is 41.9 Å². The molecule has 1 aromatic heterocycles. The smallest absolute Gasteiger partial charge is 0.218 e. The summed E-state index contributed by atoms with van der Waals surface area (Å²) < 4.78 is 26.6. The van der Waals surface area contributed by atoms with Crippen LogP contribution in [0.15, 0.2) is 35.4 Å². The summed E-state index contributed by atoms with van der Waals surface area (Å²) in [4.78, 5) is 4.11. The molecule has 1 unspecified atom stereocenters. The van der Waals surface area contributed by atoms with E-state index < -0.39 is 15.1 Å². The normalized spacial score (nSPS) is 18.8. The van der Waals surface area contributed by atoms with E-state index in [4.69, 9.17) is 5.84 Å². The number of piperidine rings is 1. The largest absolute Gasteiger partial charge is 0.493 e. The van der Waals surface area contributed by atoms with Crippen molar-refractivity contribution in [1.82, 2.24) is 9.99 Å². The van der Waals surface area contributed by atoms with Crippen LogP contribution in [0.4, 0.5) is 0 Å². The van der Waals surface area contributed by atoms with Gasteiger partial charge in [0, 0.05) is 30.1 Å². The molecule has 3 rings (SSSR count). The van der Waals surface area contributed by atoms with E-state index in [-0.39, 0.29) is 16.7 Å². The molecule has 130 valence electrons. The molecule has 0 saturated carbocycles. The van der Waals surface area contributed by atoms with Crippen LogP contribution in [0.3, 0.4) is 0 Å². The van der Waals surface area contributed by atoms with E-state index in [1.807, 2.05) is 6.92 Å². The molecule has 3 N–H and O–H groups in total. The molecule has 24 heavy (non-hydrogen) atoms. The quantitative estimate of drug-likeness (QED) is 0.820.